The number of anilines is 1. The molecule has 0 aromatic heterocycles. The van der Waals surface area contributed by atoms with Crippen LogP contribution in [0.4, 0.5) is 10.5 Å². The lowest BCUT2D eigenvalue weighted by molar-refractivity contribution is -0.140. The third-order valence-corrected chi connectivity index (χ3v) is 8.71. The Bertz CT molecular complexity index is 1080. The SMILES string of the molecule is Cc1c(CN2CCN(C(=O)C3CCCC3)C(C)C2)cc(Cl)cc1NC(=O)CC1CCCN(C(=O)OC(C)(C)C)C1. The number of carbonyl (C=O) groups excluding carboxylic acids is 3. The molecule has 2 unspecified atom stereocenters. The minimum Gasteiger partial charge on any atom is -0.444 e. The van der Waals surface area contributed by atoms with Gasteiger partial charge in [-0.15, -0.1) is 0 Å². The van der Waals surface area contributed by atoms with E-state index in [0.29, 0.717) is 30.4 Å². The van der Waals surface area contributed by atoms with Crippen molar-refractivity contribution in [2.75, 3.05) is 38.0 Å². The standard InChI is InChI=1S/C31H47ClN4O4/c1-21-18-34(13-14-36(21)29(38)24-10-6-7-11-24)20-25-16-26(32)17-27(22(25)2)33-28(37)15-23-9-8-12-35(19-23)30(39)40-31(3,4)5/h16-17,21,23-24H,6-15,18-20H2,1-5H3,(H,33,37). The molecule has 2 saturated heterocycles. The van der Waals surface area contributed by atoms with E-state index in [2.05, 4.69) is 22.0 Å². The number of amides is 3. The van der Waals surface area contributed by atoms with E-state index in [9.17, 15) is 14.4 Å². The highest BCUT2D eigenvalue weighted by Crippen LogP contribution is 2.30. The number of ether oxygens (including phenoxy) is 1. The van der Waals surface area contributed by atoms with Gasteiger partial charge in [0, 0.05) is 68.4 Å². The van der Waals surface area contributed by atoms with E-state index in [4.69, 9.17) is 16.3 Å². The maximum atomic E-state index is 13.1. The van der Waals surface area contributed by atoms with Crippen LogP contribution in [0.25, 0.3) is 0 Å². The molecule has 3 aliphatic rings. The van der Waals surface area contributed by atoms with Gasteiger partial charge in [-0.05, 0) is 89.5 Å². The summed E-state index contributed by atoms with van der Waals surface area (Å²) in [7, 11) is 0. The van der Waals surface area contributed by atoms with Crippen molar-refractivity contribution < 1.29 is 19.1 Å². The summed E-state index contributed by atoms with van der Waals surface area (Å²) in [5.41, 5.74) is 2.28. The number of carbonyl (C=O) groups is 3. The first-order valence-electron chi connectivity index (χ1n) is 15.0. The Balaban J connectivity index is 1.32. The maximum Gasteiger partial charge on any atom is 0.410 e. The van der Waals surface area contributed by atoms with Gasteiger partial charge in [0.15, 0.2) is 0 Å². The van der Waals surface area contributed by atoms with Crippen molar-refractivity contribution in [3.8, 4) is 0 Å². The van der Waals surface area contributed by atoms with Crippen molar-refractivity contribution in [2.24, 2.45) is 11.8 Å². The summed E-state index contributed by atoms with van der Waals surface area (Å²) in [5.74, 6) is 0.565. The summed E-state index contributed by atoms with van der Waals surface area (Å²) in [6, 6.07) is 3.97. The van der Waals surface area contributed by atoms with Gasteiger partial charge in [-0.2, -0.15) is 0 Å². The van der Waals surface area contributed by atoms with Gasteiger partial charge in [-0.1, -0.05) is 24.4 Å². The molecule has 1 saturated carbocycles. The van der Waals surface area contributed by atoms with Gasteiger partial charge >= 0.3 is 6.09 Å². The van der Waals surface area contributed by atoms with Crippen LogP contribution in [-0.2, 0) is 20.9 Å². The lowest BCUT2D eigenvalue weighted by Crippen LogP contribution is -2.54. The van der Waals surface area contributed by atoms with Gasteiger partial charge in [0.1, 0.15) is 5.60 Å². The zero-order valence-corrected chi connectivity index (χ0v) is 25.7. The first-order valence-corrected chi connectivity index (χ1v) is 15.4. The number of piperidine rings is 1. The third kappa shape index (κ3) is 8.12. The second-order valence-corrected chi connectivity index (χ2v) is 13.5. The summed E-state index contributed by atoms with van der Waals surface area (Å²) < 4.78 is 5.53. The molecule has 1 N–H and O–H groups in total. The quantitative estimate of drug-likeness (QED) is 0.461. The van der Waals surface area contributed by atoms with Crippen LogP contribution in [0.2, 0.25) is 5.02 Å². The van der Waals surface area contributed by atoms with Crippen molar-refractivity contribution in [2.45, 2.75) is 97.8 Å². The fraction of sp³-hybridized carbons (Fsp3) is 0.710. The van der Waals surface area contributed by atoms with Gasteiger partial charge in [0.05, 0.1) is 0 Å². The molecule has 3 amide bonds. The number of halogens is 1. The van der Waals surface area contributed by atoms with Gasteiger partial charge < -0.3 is 19.9 Å². The highest BCUT2D eigenvalue weighted by atomic mass is 35.5. The van der Waals surface area contributed by atoms with Crippen LogP contribution in [0.15, 0.2) is 12.1 Å². The molecule has 1 aliphatic carbocycles. The molecule has 40 heavy (non-hydrogen) atoms. The van der Waals surface area contributed by atoms with E-state index in [-0.39, 0.29) is 29.9 Å². The van der Waals surface area contributed by atoms with Crippen molar-refractivity contribution in [1.82, 2.24) is 14.7 Å². The van der Waals surface area contributed by atoms with E-state index < -0.39 is 5.60 Å². The van der Waals surface area contributed by atoms with Crippen LogP contribution >= 0.6 is 11.6 Å². The zero-order chi connectivity index (χ0) is 29.0. The minimum atomic E-state index is -0.540. The molecule has 0 bridgehead atoms. The highest BCUT2D eigenvalue weighted by molar-refractivity contribution is 6.31. The van der Waals surface area contributed by atoms with E-state index in [1.54, 1.807) is 4.90 Å². The number of hydrogen-bond acceptors (Lipinski definition) is 5. The topological polar surface area (TPSA) is 82.2 Å². The Morgan fingerprint density at radius 2 is 1.75 bits per heavy atom. The number of benzene rings is 1. The summed E-state index contributed by atoms with van der Waals surface area (Å²) in [6.07, 6.45) is 6.19. The average Bonchev–Trinajstić information content (AvgIpc) is 3.41. The van der Waals surface area contributed by atoms with Crippen LogP contribution in [0.1, 0.15) is 83.8 Å². The Kier molecular flexibility index (Phi) is 10.0. The van der Waals surface area contributed by atoms with Gasteiger partial charge in [0.2, 0.25) is 11.8 Å². The van der Waals surface area contributed by atoms with E-state index >= 15 is 0 Å². The maximum absolute atomic E-state index is 13.1. The lowest BCUT2D eigenvalue weighted by atomic mass is 9.94. The van der Waals surface area contributed by atoms with Gasteiger partial charge in [0.25, 0.3) is 0 Å². The molecule has 0 spiro atoms. The monoisotopic (exact) mass is 574 g/mol. The molecule has 2 aliphatic heterocycles. The first-order chi connectivity index (χ1) is 18.9. The van der Waals surface area contributed by atoms with Crippen LogP contribution in [0.5, 0.6) is 0 Å². The molecule has 1 aromatic rings. The highest BCUT2D eigenvalue weighted by Gasteiger charge is 2.33. The van der Waals surface area contributed by atoms with Crippen LogP contribution in [0, 0.1) is 18.8 Å². The number of hydrogen-bond donors (Lipinski definition) is 1. The normalized spacial score (nSPS) is 22.9. The Morgan fingerprint density at radius 3 is 2.42 bits per heavy atom. The largest absolute Gasteiger partial charge is 0.444 e. The molecule has 1 aromatic carbocycles. The summed E-state index contributed by atoms with van der Waals surface area (Å²) >= 11 is 6.51. The first kappa shape index (κ1) is 30.6. The summed E-state index contributed by atoms with van der Waals surface area (Å²) in [5, 5.41) is 3.68. The van der Waals surface area contributed by atoms with Crippen LogP contribution in [-0.4, -0.2) is 77.0 Å². The van der Waals surface area contributed by atoms with E-state index in [1.165, 1.54) is 12.8 Å². The molecule has 0 radical (unpaired) electrons. The number of nitrogens with one attached hydrogen (secondary N) is 1. The molecule has 9 heteroatoms. The molecule has 2 atom stereocenters. The number of rotatable bonds is 6. The van der Waals surface area contributed by atoms with Crippen molar-refractivity contribution >= 4 is 35.2 Å². The second-order valence-electron chi connectivity index (χ2n) is 13.0. The number of piperazine rings is 1. The Hall–Kier alpha value is -2.32. The lowest BCUT2D eigenvalue weighted by Gasteiger charge is -2.41. The fourth-order valence-electron chi connectivity index (χ4n) is 6.37. The van der Waals surface area contributed by atoms with Gasteiger partial charge in [-0.25, -0.2) is 4.79 Å². The van der Waals surface area contributed by atoms with Crippen molar-refractivity contribution in [3.63, 3.8) is 0 Å². The van der Waals surface area contributed by atoms with Crippen LogP contribution in [0.3, 0.4) is 0 Å². The molecule has 3 fully saturated rings. The van der Waals surface area contributed by atoms with E-state index in [1.807, 2.05) is 39.8 Å². The summed E-state index contributed by atoms with van der Waals surface area (Å²) in [4.78, 5) is 44.8. The molecule has 2 heterocycles. The fourth-order valence-corrected chi connectivity index (χ4v) is 6.61. The van der Waals surface area contributed by atoms with Gasteiger partial charge in [-0.3, -0.25) is 14.5 Å². The second kappa shape index (κ2) is 13.1. The Labute approximate surface area is 244 Å². The van der Waals surface area contributed by atoms with Crippen molar-refractivity contribution in [3.05, 3.63) is 28.3 Å². The summed E-state index contributed by atoms with van der Waals surface area (Å²) in [6.45, 7) is 14.1. The third-order valence-electron chi connectivity index (χ3n) is 8.49. The predicted octanol–water partition coefficient (Wildman–Crippen LogP) is 5.85. The molecular weight excluding hydrogens is 528 g/mol. The average molecular weight is 575 g/mol. The zero-order valence-electron chi connectivity index (χ0n) is 24.9. The van der Waals surface area contributed by atoms with Crippen molar-refractivity contribution in [1.29, 1.82) is 0 Å². The minimum absolute atomic E-state index is 0.0694. The smallest absolute Gasteiger partial charge is 0.410 e. The molecule has 222 valence electrons. The van der Waals surface area contributed by atoms with Crippen LogP contribution < -0.4 is 5.32 Å². The predicted molar refractivity (Wildman–Crippen MR) is 158 cm³/mol. The Morgan fingerprint density at radius 1 is 1.02 bits per heavy atom. The number of nitrogens with zero attached hydrogens (tertiary/aromatic N) is 3. The van der Waals surface area contributed by atoms with E-state index in [0.717, 1.165) is 68.7 Å². The molecule has 8 nitrogen and oxygen atoms in total. The molecule has 4 rings (SSSR count). The number of likely N-dealkylation sites (tertiary alicyclic amines) is 1. The molecular formula is C31H47ClN4O4.